The van der Waals surface area contributed by atoms with Crippen LogP contribution < -0.4 is 5.32 Å². The Kier molecular flexibility index (Phi) is 4.83. The molecule has 0 unspecified atom stereocenters. The summed E-state index contributed by atoms with van der Waals surface area (Å²) in [5, 5.41) is 2.59. The van der Waals surface area contributed by atoms with Crippen LogP contribution in [0, 0.1) is 11.8 Å². The standard InChI is InChI=1S/C18H20N2O5/c1-25-18(24)13-8-4-5-9-14(13)19-15(21)10-20-16(22)11-6-2-3-7-12(11)17(20)23/h4-5,8-9,11-12H,2-3,6-7,10H2,1H3,(H,19,21)/t11-,12-/m0/s1. The molecule has 132 valence electrons. The minimum Gasteiger partial charge on any atom is -0.465 e. The van der Waals surface area contributed by atoms with Crippen molar-refractivity contribution in [2.45, 2.75) is 25.7 Å². The van der Waals surface area contributed by atoms with Crippen LogP contribution in [0.3, 0.4) is 0 Å². The van der Waals surface area contributed by atoms with E-state index in [-0.39, 0.29) is 41.4 Å². The first-order valence-electron chi connectivity index (χ1n) is 8.35. The maximum Gasteiger partial charge on any atom is 0.339 e. The highest BCUT2D eigenvalue weighted by molar-refractivity contribution is 6.09. The van der Waals surface area contributed by atoms with Gasteiger partial charge in [-0.1, -0.05) is 25.0 Å². The first kappa shape index (κ1) is 17.1. The lowest BCUT2D eigenvalue weighted by Gasteiger charge is -2.19. The normalized spacial score (nSPS) is 22.5. The minimum atomic E-state index is -0.574. The van der Waals surface area contributed by atoms with Crippen molar-refractivity contribution < 1.29 is 23.9 Å². The highest BCUT2D eigenvalue weighted by atomic mass is 16.5. The summed E-state index contributed by atoms with van der Waals surface area (Å²) in [6, 6.07) is 6.42. The third kappa shape index (κ3) is 3.26. The van der Waals surface area contributed by atoms with E-state index in [0.29, 0.717) is 12.8 Å². The Morgan fingerprint density at radius 2 is 1.72 bits per heavy atom. The number of imide groups is 1. The van der Waals surface area contributed by atoms with Gasteiger partial charge < -0.3 is 10.1 Å². The molecular weight excluding hydrogens is 324 g/mol. The molecular formula is C18H20N2O5. The number of likely N-dealkylation sites (tertiary alicyclic amines) is 1. The Morgan fingerprint density at radius 1 is 1.12 bits per heavy atom. The number of esters is 1. The molecule has 0 spiro atoms. The number of methoxy groups -OCH3 is 1. The Bertz CT molecular complexity index is 706. The molecule has 2 fully saturated rings. The van der Waals surface area contributed by atoms with Crippen LogP contribution in [0.2, 0.25) is 0 Å². The molecule has 1 aliphatic heterocycles. The van der Waals surface area contributed by atoms with Crippen molar-refractivity contribution in [3.8, 4) is 0 Å². The molecule has 1 aliphatic carbocycles. The van der Waals surface area contributed by atoms with E-state index < -0.39 is 11.9 Å². The van der Waals surface area contributed by atoms with Crippen LogP contribution in [-0.2, 0) is 19.1 Å². The van der Waals surface area contributed by atoms with Crippen molar-refractivity contribution >= 4 is 29.4 Å². The molecule has 1 saturated carbocycles. The van der Waals surface area contributed by atoms with Crippen LogP contribution in [0.25, 0.3) is 0 Å². The van der Waals surface area contributed by atoms with Crippen LogP contribution in [0.1, 0.15) is 36.0 Å². The number of nitrogens with zero attached hydrogens (tertiary/aromatic N) is 1. The largest absolute Gasteiger partial charge is 0.465 e. The molecule has 1 saturated heterocycles. The zero-order chi connectivity index (χ0) is 18.0. The molecule has 0 bridgehead atoms. The molecule has 1 aromatic rings. The Labute approximate surface area is 145 Å². The maximum absolute atomic E-state index is 12.4. The summed E-state index contributed by atoms with van der Waals surface area (Å²) in [5.41, 5.74) is 0.502. The van der Waals surface area contributed by atoms with Crippen molar-refractivity contribution in [2.24, 2.45) is 11.8 Å². The number of ether oxygens (including phenoxy) is 1. The zero-order valence-electron chi connectivity index (χ0n) is 14.0. The van der Waals surface area contributed by atoms with E-state index in [1.807, 2.05) is 0 Å². The number of hydrogen-bond acceptors (Lipinski definition) is 5. The van der Waals surface area contributed by atoms with Gasteiger partial charge in [-0.05, 0) is 25.0 Å². The third-order valence-electron chi connectivity index (χ3n) is 4.84. The van der Waals surface area contributed by atoms with Crippen LogP contribution in [-0.4, -0.2) is 42.2 Å². The van der Waals surface area contributed by atoms with Gasteiger partial charge >= 0.3 is 5.97 Å². The second kappa shape index (κ2) is 7.04. The molecule has 1 heterocycles. The Balaban J connectivity index is 1.70. The van der Waals surface area contributed by atoms with E-state index in [9.17, 15) is 19.2 Å². The highest BCUT2D eigenvalue weighted by Gasteiger charge is 2.48. The molecule has 0 radical (unpaired) electrons. The highest BCUT2D eigenvalue weighted by Crippen LogP contribution is 2.37. The van der Waals surface area contributed by atoms with E-state index in [1.54, 1.807) is 18.2 Å². The quantitative estimate of drug-likeness (QED) is 0.661. The van der Waals surface area contributed by atoms with Gasteiger partial charge in [0.15, 0.2) is 0 Å². The number of amides is 3. The third-order valence-corrected chi connectivity index (χ3v) is 4.84. The maximum atomic E-state index is 12.4. The van der Waals surface area contributed by atoms with Crippen molar-refractivity contribution in [1.29, 1.82) is 0 Å². The number of anilines is 1. The number of benzene rings is 1. The van der Waals surface area contributed by atoms with E-state index in [2.05, 4.69) is 10.1 Å². The lowest BCUT2D eigenvalue weighted by molar-refractivity contribution is -0.142. The fourth-order valence-electron chi connectivity index (χ4n) is 3.60. The van der Waals surface area contributed by atoms with Gasteiger partial charge in [0.1, 0.15) is 6.54 Å². The van der Waals surface area contributed by atoms with Crippen LogP contribution in [0.5, 0.6) is 0 Å². The number of nitrogens with one attached hydrogen (secondary N) is 1. The van der Waals surface area contributed by atoms with Gasteiger partial charge in [-0.15, -0.1) is 0 Å². The number of carbonyl (C=O) groups excluding carboxylic acids is 4. The molecule has 7 nitrogen and oxygen atoms in total. The number of hydrogen-bond donors (Lipinski definition) is 1. The second-order valence-electron chi connectivity index (χ2n) is 6.35. The number of carbonyl (C=O) groups is 4. The summed E-state index contributed by atoms with van der Waals surface area (Å²) in [5.74, 6) is -2.17. The second-order valence-corrected chi connectivity index (χ2v) is 6.35. The summed E-state index contributed by atoms with van der Waals surface area (Å²) in [6.07, 6.45) is 3.29. The van der Waals surface area contributed by atoms with Gasteiger partial charge in [-0.2, -0.15) is 0 Å². The van der Waals surface area contributed by atoms with Gasteiger partial charge in [-0.3, -0.25) is 19.3 Å². The van der Waals surface area contributed by atoms with Crippen LogP contribution in [0.15, 0.2) is 24.3 Å². The van der Waals surface area contributed by atoms with Crippen molar-refractivity contribution in [1.82, 2.24) is 4.90 Å². The summed E-state index contributed by atoms with van der Waals surface area (Å²) in [4.78, 5) is 49.9. The van der Waals surface area contributed by atoms with Crippen molar-refractivity contribution in [3.05, 3.63) is 29.8 Å². The number of fused-ring (bicyclic) bond motifs is 1. The molecule has 1 aromatic carbocycles. The molecule has 2 atom stereocenters. The predicted molar refractivity (Wildman–Crippen MR) is 88.6 cm³/mol. The monoisotopic (exact) mass is 344 g/mol. The Morgan fingerprint density at radius 3 is 2.32 bits per heavy atom. The lowest BCUT2D eigenvalue weighted by Crippen LogP contribution is -2.38. The van der Waals surface area contributed by atoms with Gasteiger partial charge in [-0.25, -0.2) is 4.79 Å². The van der Waals surface area contributed by atoms with Crippen molar-refractivity contribution in [2.75, 3.05) is 19.0 Å². The first-order valence-corrected chi connectivity index (χ1v) is 8.35. The minimum absolute atomic E-state index is 0.214. The fourth-order valence-corrected chi connectivity index (χ4v) is 3.60. The summed E-state index contributed by atoms with van der Waals surface area (Å²) in [7, 11) is 1.25. The van der Waals surface area contributed by atoms with Crippen LogP contribution >= 0.6 is 0 Å². The fraction of sp³-hybridized carbons (Fsp3) is 0.444. The molecule has 0 aromatic heterocycles. The molecule has 25 heavy (non-hydrogen) atoms. The lowest BCUT2D eigenvalue weighted by atomic mass is 9.81. The van der Waals surface area contributed by atoms with Gasteiger partial charge in [0.05, 0.1) is 30.2 Å². The molecule has 2 aliphatic rings. The molecule has 1 N–H and O–H groups in total. The van der Waals surface area contributed by atoms with Gasteiger partial charge in [0.25, 0.3) is 0 Å². The summed E-state index contributed by atoms with van der Waals surface area (Å²) < 4.78 is 4.68. The zero-order valence-corrected chi connectivity index (χ0v) is 14.0. The smallest absolute Gasteiger partial charge is 0.339 e. The summed E-state index contributed by atoms with van der Waals surface area (Å²) in [6.45, 7) is -0.333. The van der Waals surface area contributed by atoms with Crippen LogP contribution in [0.4, 0.5) is 5.69 Å². The average Bonchev–Trinajstić information content (AvgIpc) is 2.87. The first-order chi connectivity index (χ1) is 12.0. The summed E-state index contributed by atoms with van der Waals surface area (Å²) >= 11 is 0. The Hall–Kier alpha value is -2.70. The molecule has 7 heteroatoms. The number of para-hydroxylation sites is 1. The average molecular weight is 344 g/mol. The van der Waals surface area contributed by atoms with Gasteiger partial charge in [0.2, 0.25) is 17.7 Å². The van der Waals surface area contributed by atoms with Gasteiger partial charge in [0, 0.05) is 0 Å². The van der Waals surface area contributed by atoms with E-state index in [4.69, 9.17) is 0 Å². The topological polar surface area (TPSA) is 92.8 Å². The van der Waals surface area contributed by atoms with E-state index in [0.717, 1.165) is 17.7 Å². The SMILES string of the molecule is COC(=O)c1ccccc1NC(=O)CN1C(=O)[C@H]2CCCC[C@@H]2C1=O. The van der Waals surface area contributed by atoms with Crippen molar-refractivity contribution in [3.63, 3.8) is 0 Å². The molecule has 3 rings (SSSR count). The van der Waals surface area contributed by atoms with E-state index >= 15 is 0 Å². The molecule has 3 amide bonds. The van der Waals surface area contributed by atoms with E-state index in [1.165, 1.54) is 13.2 Å². The number of rotatable bonds is 4. The predicted octanol–water partition coefficient (Wildman–Crippen LogP) is 1.59.